The standard InChI is InChI=1S/C16H13Cl3N2O3/c1-24-16(23)9-2-4-10(5-3-9)21-15(22)8-20-14-7-12(18)11(17)6-13(14)19/h2-7,20H,8H2,1H3,(H,21,22). The third-order valence-electron chi connectivity index (χ3n) is 3.04. The van der Waals surface area contributed by atoms with E-state index in [2.05, 4.69) is 15.4 Å². The van der Waals surface area contributed by atoms with Crippen LogP contribution >= 0.6 is 34.8 Å². The monoisotopic (exact) mass is 386 g/mol. The van der Waals surface area contributed by atoms with Crippen LogP contribution in [0.2, 0.25) is 15.1 Å². The van der Waals surface area contributed by atoms with Gasteiger partial charge in [0.1, 0.15) is 0 Å². The van der Waals surface area contributed by atoms with Crippen molar-refractivity contribution in [2.75, 3.05) is 24.3 Å². The highest BCUT2D eigenvalue weighted by molar-refractivity contribution is 6.44. The lowest BCUT2D eigenvalue weighted by atomic mass is 10.2. The molecule has 0 heterocycles. The highest BCUT2D eigenvalue weighted by Gasteiger charge is 2.09. The largest absolute Gasteiger partial charge is 0.465 e. The van der Waals surface area contributed by atoms with Crippen molar-refractivity contribution in [3.63, 3.8) is 0 Å². The second kappa shape index (κ2) is 8.24. The van der Waals surface area contributed by atoms with Gasteiger partial charge in [0, 0.05) is 5.69 Å². The second-order valence-corrected chi connectivity index (χ2v) is 5.94. The first-order valence-electron chi connectivity index (χ1n) is 6.77. The van der Waals surface area contributed by atoms with E-state index in [9.17, 15) is 9.59 Å². The van der Waals surface area contributed by atoms with Gasteiger partial charge in [-0.25, -0.2) is 4.79 Å². The Balaban J connectivity index is 1.94. The molecule has 0 fully saturated rings. The third kappa shape index (κ3) is 4.77. The average molecular weight is 388 g/mol. The van der Waals surface area contributed by atoms with Crippen LogP contribution < -0.4 is 10.6 Å². The van der Waals surface area contributed by atoms with Crippen LogP contribution in [0.1, 0.15) is 10.4 Å². The first kappa shape index (κ1) is 18.4. The number of benzene rings is 2. The van der Waals surface area contributed by atoms with Crippen LogP contribution in [0.4, 0.5) is 11.4 Å². The number of anilines is 2. The van der Waals surface area contributed by atoms with E-state index in [1.807, 2.05) is 0 Å². The molecule has 0 aliphatic heterocycles. The molecule has 8 heteroatoms. The molecule has 0 unspecified atom stereocenters. The molecule has 0 aromatic heterocycles. The molecule has 0 bridgehead atoms. The van der Waals surface area contributed by atoms with E-state index >= 15 is 0 Å². The first-order valence-corrected chi connectivity index (χ1v) is 7.90. The van der Waals surface area contributed by atoms with Crippen LogP contribution in [0.15, 0.2) is 36.4 Å². The number of carbonyl (C=O) groups excluding carboxylic acids is 2. The summed E-state index contributed by atoms with van der Waals surface area (Å²) in [5, 5.41) is 6.60. The van der Waals surface area contributed by atoms with Crippen molar-refractivity contribution in [3.8, 4) is 0 Å². The summed E-state index contributed by atoms with van der Waals surface area (Å²) in [7, 11) is 1.30. The lowest BCUT2D eigenvalue weighted by molar-refractivity contribution is -0.114. The molecule has 2 N–H and O–H groups in total. The number of ether oxygens (including phenoxy) is 1. The number of halogens is 3. The van der Waals surface area contributed by atoms with Crippen molar-refractivity contribution in [2.24, 2.45) is 0 Å². The highest BCUT2D eigenvalue weighted by Crippen LogP contribution is 2.32. The molecule has 0 spiro atoms. The molecule has 2 rings (SSSR count). The minimum absolute atomic E-state index is 0.0174. The minimum Gasteiger partial charge on any atom is -0.465 e. The van der Waals surface area contributed by atoms with Crippen molar-refractivity contribution < 1.29 is 14.3 Å². The Hall–Kier alpha value is -1.95. The van der Waals surface area contributed by atoms with Crippen LogP contribution in [0.25, 0.3) is 0 Å². The fourth-order valence-electron chi connectivity index (χ4n) is 1.85. The van der Waals surface area contributed by atoms with Crippen LogP contribution in [0.5, 0.6) is 0 Å². The molecular weight excluding hydrogens is 375 g/mol. The molecular formula is C16H13Cl3N2O3. The molecule has 0 aliphatic rings. The zero-order valence-electron chi connectivity index (χ0n) is 12.5. The van der Waals surface area contributed by atoms with Gasteiger partial charge in [0.25, 0.3) is 0 Å². The van der Waals surface area contributed by atoms with E-state index in [4.69, 9.17) is 34.8 Å². The number of nitrogens with one attached hydrogen (secondary N) is 2. The van der Waals surface area contributed by atoms with Gasteiger partial charge in [0.2, 0.25) is 5.91 Å². The van der Waals surface area contributed by atoms with Gasteiger partial charge in [0.05, 0.1) is 40.0 Å². The van der Waals surface area contributed by atoms with Gasteiger partial charge in [0.15, 0.2) is 0 Å². The van der Waals surface area contributed by atoms with Gasteiger partial charge in [-0.3, -0.25) is 4.79 Å². The quantitative estimate of drug-likeness (QED) is 0.586. The smallest absolute Gasteiger partial charge is 0.337 e. The Morgan fingerprint density at radius 3 is 2.25 bits per heavy atom. The fourth-order valence-corrected chi connectivity index (χ4v) is 2.46. The summed E-state index contributed by atoms with van der Waals surface area (Å²) in [6, 6.07) is 9.38. The van der Waals surface area contributed by atoms with Gasteiger partial charge >= 0.3 is 5.97 Å². The third-order valence-corrected chi connectivity index (χ3v) is 4.07. The molecule has 2 aromatic carbocycles. The van der Waals surface area contributed by atoms with E-state index in [0.29, 0.717) is 32.0 Å². The molecule has 0 aliphatic carbocycles. The molecule has 2 aromatic rings. The maximum absolute atomic E-state index is 12.0. The van der Waals surface area contributed by atoms with E-state index in [0.717, 1.165) is 0 Å². The molecule has 5 nitrogen and oxygen atoms in total. The average Bonchev–Trinajstić information content (AvgIpc) is 2.57. The zero-order chi connectivity index (χ0) is 17.7. The van der Waals surface area contributed by atoms with Gasteiger partial charge in [-0.15, -0.1) is 0 Å². The van der Waals surface area contributed by atoms with E-state index in [-0.39, 0.29) is 12.5 Å². The number of hydrogen-bond donors (Lipinski definition) is 2. The fraction of sp³-hybridized carbons (Fsp3) is 0.125. The van der Waals surface area contributed by atoms with Crippen LogP contribution in [-0.2, 0) is 9.53 Å². The molecule has 24 heavy (non-hydrogen) atoms. The maximum atomic E-state index is 12.0. The van der Waals surface area contributed by atoms with Crippen LogP contribution in [0, 0.1) is 0 Å². The Morgan fingerprint density at radius 2 is 1.62 bits per heavy atom. The number of esters is 1. The second-order valence-electron chi connectivity index (χ2n) is 4.72. The summed E-state index contributed by atoms with van der Waals surface area (Å²) in [5.41, 5.74) is 1.45. The van der Waals surface area contributed by atoms with Crippen molar-refractivity contribution in [2.45, 2.75) is 0 Å². The SMILES string of the molecule is COC(=O)c1ccc(NC(=O)CNc2cc(Cl)c(Cl)cc2Cl)cc1. The molecule has 0 atom stereocenters. The van der Waals surface area contributed by atoms with Crippen molar-refractivity contribution in [3.05, 3.63) is 57.0 Å². The van der Waals surface area contributed by atoms with Crippen LogP contribution in [-0.4, -0.2) is 25.5 Å². The molecule has 0 saturated heterocycles. The van der Waals surface area contributed by atoms with E-state index in [1.165, 1.54) is 13.2 Å². The summed E-state index contributed by atoms with van der Waals surface area (Å²) < 4.78 is 4.61. The van der Waals surface area contributed by atoms with Crippen molar-refractivity contribution in [1.82, 2.24) is 0 Å². The number of hydrogen-bond acceptors (Lipinski definition) is 4. The van der Waals surface area contributed by atoms with Gasteiger partial charge in [-0.1, -0.05) is 34.8 Å². The Bertz CT molecular complexity index is 764. The first-order chi connectivity index (χ1) is 11.4. The number of methoxy groups -OCH3 is 1. The predicted molar refractivity (Wildman–Crippen MR) is 96.4 cm³/mol. The van der Waals surface area contributed by atoms with E-state index < -0.39 is 5.97 Å². The molecule has 0 radical (unpaired) electrons. The Labute approximate surface area is 153 Å². The Morgan fingerprint density at radius 1 is 1.00 bits per heavy atom. The zero-order valence-corrected chi connectivity index (χ0v) is 14.8. The predicted octanol–water partition coefficient (Wildman–Crippen LogP) is 4.48. The van der Waals surface area contributed by atoms with Crippen molar-refractivity contribution in [1.29, 1.82) is 0 Å². The molecule has 0 saturated carbocycles. The number of carbonyl (C=O) groups is 2. The molecule has 126 valence electrons. The Kier molecular flexibility index (Phi) is 6.31. The maximum Gasteiger partial charge on any atom is 0.337 e. The summed E-state index contributed by atoms with van der Waals surface area (Å²) >= 11 is 17.8. The van der Waals surface area contributed by atoms with Gasteiger partial charge in [-0.05, 0) is 36.4 Å². The summed E-state index contributed by atoms with van der Waals surface area (Å²) in [6.45, 7) is -0.0174. The molecule has 1 amide bonds. The minimum atomic E-state index is -0.441. The number of amides is 1. The summed E-state index contributed by atoms with van der Waals surface area (Å²) in [4.78, 5) is 23.3. The van der Waals surface area contributed by atoms with Gasteiger partial charge < -0.3 is 15.4 Å². The lowest BCUT2D eigenvalue weighted by Gasteiger charge is -2.10. The summed E-state index contributed by atoms with van der Waals surface area (Å²) in [5.74, 6) is -0.730. The van der Waals surface area contributed by atoms with Crippen LogP contribution in [0.3, 0.4) is 0 Å². The van der Waals surface area contributed by atoms with Gasteiger partial charge in [-0.2, -0.15) is 0 Å². The normalized spacial score (nSPS) is 10.2. The topological polar surface area (TPSA) is 67.4 Å². The van der Waals surface area contributed by atoms with E-state index in [1.54, 1.807) is 30.3 Å². The highest BCUT2D eigenvalue weighted by atomic mass is 35.5. The summed E-state index contributed by atoms with van der Waals surface area (Å²) in [6.07, 6.45) is 0. The lowest BCUT2D eigenvalue weighted by Crippen LogP contribution is -2.21. The van der Waals surface area contributed by atoms with Crippen molar-refractivity contribution >= 4 is 58.1 Å². The number of rotatable bonds is 5.